The van der Waals surface area contributed by atoms with Crippen LogP contribution in [0.4, 0.5) is 5.82 Å². The molecule has 0 bridgehead atoms. The molecular weight excluding hydrogens is 258 g/mol. The quantitative estimate of drug-likeness (QED) is 0.780. The summed E-state index contributed by atoms with van der Waals surface area (Å²) in [6, 6.07) is 0.516. The molecule has 2 amide bonds. The molecule has 1 aliphatic carbocycles. The molecule has 1 saturated carbocycles. The van der Waals surface area contributed by atoms with E-state index >= 15 is 0 Å². The molecule has 0 radical (unpaired) electrons. The SMILES string of the molecule is O=CN1CCN(C(=O)c2cnc(NC3CC3)cn2)CC1. The maximum Gasteiger partial charge on any atom is 0.274 e. The molecule has 2 fully saturated rings. The van der Waals surface area contributed by atoms with Gasteiger partial charge in [-0.25, -0.2) is 9.97 Å². The predicted molar refractivity (Wildman–Crippen MR) is 72.2 cm³/mol. The molecule has 3 rings (SSSR count). The molecule has 0 spiro atoms. The summed E-state index contributed by atoms with van der Waals surface area (Å²) in [5.74, 6) is 0.593. The van der Waals surface area contributed by atoms with Crippen LogP contribution < -0.4 is 5.32 Å². The van der Waals surface area contributed by atoms with E-state index < -0.39 is 0 Å². The summed E-state index contributed by atoms with van der Waals surface area (Å²) in [5, 5.41) is 3.23. The predicted octanol–water partition coefficient (Wildman–Crippen LogP) is -0.0349. The average molecular weight is 275 g/mol. The number of carbonyl (C=O) groups is 2. The Kier molecular flexibility index (Phi) is 3.49. The largest absolute Gasteiger partial charge is 0.366 e. The zero-order chi connectivity index (χ0) is 13.9. The van der Waals surface area contributed by atoms with Gasteiger partial charge in [0, 0.05) is 32.2 Å². The van der Waals surface area contributed by atoms with Crippen molar-refractivity contribution in [3.63, 3.8) is 0 Å². The van der Waals surface area contributed by atoms with Gasteiger partial charge >= 0.3 is 0 Å². The standard InChI is InChI=1S/C13H17N5O2/c19-9-17-3-5-18(6-4-17)13(20)11-7-15-12(8-14-11)16-10-1-2-10/h7-10H,1-6H2,(H,15,16). The summed E-state index contributed by atoms with van der Waals surface area (Å²) in [6.45, 7) is 2.23. The van der Waals surface area contributed by atoms with Gasteiger partial charge in [-0.1, -0.05) is 0 Å². The molecule has 7 nitrogen and oxygen atoms in total. The summed E-state index contributed by atoms with van der Waals surface area (Å²) in [4.78, 5) is 34.6. The second-order valence-electron chi connectivity index (χ2n) is 5.14. The van der Waals surface area contributed by atoms with Crippen LogP contribution in [0.3, 0.4) is 0 Å². The Hall–Kier alpha value is -2.18. The minimum absolute atomic E-state index is 0.124. The van der Waals surface area contributed by atoms with E-state index in [9.17, 15) is 9.59 Å². The number of nitrogens with zero attached hydrogens (tertiary/aromatic N) is 4. The third-order valence-electron chi connectivity index (χ3n) is 3.55. The molecular formula is C13H17N5O2. The Morgan fingerprint density at radius 1 is 1.20 bits per heavy atom. The minimum atomic E-state index is -0.124. The van der Waals surface area contributed by atoms with Crippen LogP contribution in [0.5, 0.6) is 0 Å². The molecule has 1 saturated heterocycles. The van der Waals surface area contributed by atoms with E-state index in [0.717, 1.165) is 12.2 Å². The summed E-state index contributed by atoms with van der Waals surface area (Å²) in [6.07, 6.45) is 6.28. The third kappa shape index (κ3) is 2.87. The molecule has 1 aliphatic heterocycles. The zero-order valence-corrected chi connectivity index (χ0v) is 11.2. The van der Waals surface area contributed by atoms with Crippen LogP contribution in [-0.4, -0.2) is 64.3 Å². The average Bonchev–Trinajstić information content (AvgIpc) is 3.31. The van der Waals surface area contributed by atoms with E-state index in [1.807, 2.05) is 0 Å². The third-order valence-corrected chi connectivity index (χ3v) is 3.55. The van der Waals surface area contributed by atoms with Crippen molar-refractivity contribution in [3.05, 3.63) is 18.1 Å². The Balaban J connectivity index is 1.60. The molecule has 20 heavy (non-hydrogen) atoms. The number of hydrogen-bond donors (Lipinski definition) is 1. The molecule has 7 heteroatoms. The zero-order valence-electron chi connectivity index (χ0n) is 11.2. The van der Waals surface area contributed by atoms with Gasteiger partial charge in [0.2, 0.25) is 6.41 Å². The van der Waals surface area contributed by atoms with Crippen molar-refractivity contribution in [2.45, 2.75) is 18.9 Å². The fourth-order valence-electron chi connectivity index (χ4n) is 2.14. The van der Waals surface area contributed by atoms with Crippen LogP contribution in [0.2, 0.25) is 0 Å². The number of rotatable bonds is 4. The van der Waals surface area contributed by atoms with Gasteiger partial charge in [-0.3, -0.25) is 9.59 Å². The lowest BCUT2D eigenvalue weighted by molar-refractivity contribution is -0.119. The second kappa shape index (κ2) is 5.44. The van der Waals surface area contributed by atoms with E-state index in [-0.39, 0.29) is 5.91 Å². The number of aromatic nitrogens is 2. The van der Waals surface area contributed by atoms with Crippen LogP contribution in [0.25, 0.3) is 0 Å². The van der Waals surface area contributed by atoms with Crippen LogP contribution in [0.1, 0.15) is 23.3 Å². The maximum atomic E-state index is 12.2. The summed E-state index contributed by atoms with van der Waals surface area (Å²) >= 11 is 0. The van der Waals surface area contributed by atoms with Crippen LogP contribution >= 0.6 is 0 Å². The molecule has 2 aliphatic rings. The van der Waals surface area contributed by atoms with Crippen molar-refractivity contribution < 1.29 is 9.59 Å². The number of nitrogens with one attached hydrogen (secondary N) is 1. The van der Waals surface area contributed by atoms with Crippen LogP contribution in [-0.2, 0) is 4.79 Å². The van der Waals surface area contributed by atoms with Gasteiger partial charge in [0.05, 0.1) is 12.4 Å². The van der Waals surface area contributed by atoms with Crippen molar-refractivity contribution in [2.24, 2.45) is 0 Å². The van der Waals surface area contributed by atoms with Crippen molar-refractivity contribution in [3.8, 4) is 0 Å². The number of carbonyl (C=O) groups excluding carboxylic acids is 2. The molecule has 106 valence electrons. The lowest BCUT2D eigenvalue weighted by Crippen LogP contribution is -2.48. The van der Waals surface area contributed by atoms with Crippen LogP contribution in [0, 0.1) is 0 Å². The van der Waals surface area contributed by atoms with Crippen molar-refractivity contribution >= 4 is 18.1 Å². The number of anilines is 1. The number of amides is 2. The first-order valence-corrected chi connectivity index (χ1v) is 6.83. The monoisotopic (exact) mass is 275 g/mol. The lowest BCUT2D eigenvalue weighted by atomic mass is 10.3. The van der Waals surface area contributed by atoms with Crippen molar-refractivity contribution in [1.82, 2.24) is 19.8 Å². The normalized spacial score (nSPS) is 18.8. The summed E-state index contributed by atoms with van der Waals surface area (Å²) in [7, 11) is 0. The highest BCUT2D eigenvalue weighted by molar-refractivity contribution is 5.92. The first-order chi connectivity index (χ1) is 9.76. The first-order valence-electron chi connectivity index (χ1n) is 6.83. The second-order valence-corrected chi connectivity index (χ2v) is 5.14. The Morgan fingerprint density at radius 3 is 2.50 bits per heavy atom. The van der Waals surface area contributed by atoms with Crippen molar-refractivity contribution in [2.75, 3.05) is 31.5 Å². The molecule has 0 aromatic carbocycles. The van der Waals surface area contributed by atoms with Gasteiger partial charge in [0.1, 0.15) is 11.5 Å². The van der Waals surface area contributed by atoms with Gasteiger partial charge in [0.15, 0.2) is 0 Å². The van der Waals surface area contributed by atoms with E-state index in [4.69, 9.17) is 0 Å². The highest BCUT2D eigenvalue weighted by Crippen LogP contribution is 2.23. The van der Waals surface area contributed by atoms with Gasteiger partial charge in [0.25, 0.3) is 5.91 Å². The molecule has 0 unspecified atom stereocenters. The van der Waals surface area contributed by atoms with Crippen LogP contribution in [0.15, 0.2) is 12.4 Å². The number of hydrogen-bond acceptors (Lipinski definition) is 5. The topological polar surface area (TPSA) is 78.4 Å². The van der Waals surface area contributed by atoms with Gasteiger partial charge in [-0.15, -0.1) is 0 Å². The summed E-state index contributed by atoms with van der Waals surface area (Å²) < 4.78 is 0. The molecule has 1 aromatic rings. The fraction of sp³-hybridized carbons (Fsp3) is 0.538. The highest BCUT2D eigenvalue weighted by Gasteiger charge is 2.24. The smallest absolute Gasteiger partial charge is 0.274 e. The Bertz CT molecular complexity index is 492. The van der Waals surface area contributed by atoms with E-state index in [0.29, 0.717) is 37.9 Å². The Morgan fingerprint density at radius 2 is 1.95 bits per heavy atom. The van der Waals surface area contributed by atoms with E-state index in [2.05, 4.69) is 15.3 Å². The van der Waals surface area contributed by atoms with Gasteiger partial charge in [-0.2, -0.15) is 0 Å². The van der Waals surface area contributed by atoms with Crippen molar-refractivity contribution in [1.29, 1.82) is 0 Å². The van der Waals surface area contributed by atoms with E-state index in [1.165, 1.54) is 19.0 Å². The Labute approximate surface area is 117 Å². The maximum absolute atomic E-state index is 12.2. The number of piperazine rings is 1. The molecule has 1 N–H and O–H groups in total. The molecule has 2 heterocycles. The highest BCUT2D eigenvalue weighted by atomic mass is 16.2. The van der Waals surface area contributed by atoms with Gasteiger partial charge < -0.3 is 15.1 Å². The van der Waals surface area contributed by atoms with Gasteiger partial charge in [-0.05, 0) is 12.8 Å². The van der Waals surface area contributed by atoms with E-state index in [1.54, 1.807) is 16.0 Å². The minimum Gasteiger partial charge on any atom is -0.366 e. The molecule has 0 atom stereocenters. The lowest BCUT2D eigenvalue weighted by Gasteiger charge is -2.32. The molecule has 1 aromatic heterocycles. The fourth-order valence-corrected chi connectivity index (χ4v) is 2.14. The first kappa shape index (κ1) is 12.8. The summed E-state index contributed by atoms with van der Waals surface area (Å²) in [5.41, 5.74) is 0.353.